The van der Waals surface area contributed by atoms with E-state index in [-0.39, 0.29) is 24.3 Å². The average Bonchev–Trinajstić information content (AvgIpc) is 2.71. The second-order valence-electron chi connectivity index (χ2n) is 7.23. The van der Waals surface area contributed by atoms with Gasteiger partial charge >= 0.3 is 0 Å². The van der Waals surface area contributed by atoms with Gasteiger partial charge in [-0.3, -0.25) is 9.59 Å². The van der Waals surface area contributed by atoms with Gasteiger partial charge in [-0.05, 0) is 56.0 Å². The lowest BCUT2D eigenvalue weighted by Crippen LogP contribution is -2.49. The van der Waals surface area contributed by atoms with Crippen LogP contribution in [-0.2, 0) is 22.6 Å². The van der Waals surface area contributed by atoms with Crippen LogP contribution in [0.2, 0.25) is 10.0 Å². The van der Waals surface area contributed by atoms with Crippen LogP contribution < -0.4 is 5.32 Å². The lowest BCUT2D eigenvalue weighted by molar-refractivity contribution is -0.140. The van der Waals surface area contributed by atoms with Gasteiger partial charge in [0, 0.05) is 29.1 Å². The topological polar surface area (TPSA) is 49.4 Å². The molecule has 0 spiro atoms. The third-order valence-electron chi connectivity index (χ3n) is 5.00. The quantitative estimate of drug-likeness (QED) is 0.584. The van der Waals surface area contributed by atoms with Crippen molar-refractivity contribution in [2.24, 2.45) is 0 Å². The van der Waals surface area contributed by atoms with Crippen LogP contribution in [0.25, 0.3) is 0 Å². The summed E-state index contributed by atoms with van der Waals surface area (Å²) in [4.78, 5) is 27.4. The van der Waals surface area contributed by atoms with E-state index in [1.807, 2.05) is 50.2 Å². The molecule has 0 fully saturated rings. The van der Waals surface area contributed by atoms with Gasteiger partial charge < -0.3 is 10.2 Å². The van der Waals surface area contributed by atoms with Gasteiger partial charge in [0.25, 0.3) is 0 Å². The van der Waals surface area contributed by atoms with Gasteiger partial charge in [0.1, 0.15) is 6.04 Å². The minimum Gasteiger partial charge on any atom is -0.352 e. The van der Waals surface area contributed by atoms with Gasteiger partial charge in [-0.2, -0.15) is 0 Å². The first-order valence-corrected chi connectivity index (χ1v) is 10.6. The maximum Gasteiger partial charge on any atom is 0.242 e. The summed E-state index contributed by atoms with van der Waals surface area (Å²) in [5.41, 5.74) is 1.84. The van der Waals surface area contributed by atoms with Crippen LogP contribution in [0.15, 0.2) is 48.5 Å². The maximum absolute atomic E-state index is 13.1. The highest BCUT2D eigenvalue weighted by atomic mass is 35.5. The highest BCUT2D eigenvalue weighted by Gasteiger charge is 2.26. The number of amides is 2. The summed E-state index contributed by atoms with van der Waals surface area (Å²) in [5.74, 6) is -0.244. The Hall–Kier alpha value is -2.04. The fourth-order valence-corrected chi connectivity index (χ4v) is 3.28. The molecule has 0 saturated carbocycles. The first-order chi connectivity index (χ1) is 13.8. The molecule has 0 unspecified atom stereocenters. The summed E-state index contributed by atoms with van der Waals surface area (Å²) in [6.45, 7) is 6.07. The van der Waals surface area contributed by atoms with Gasteiger partial charge in [0.15, 0.2) is 0 Å². The SMILES string of the molecule is CC[C@H](C)NC(=O)[C@@H](C)N(Cc1ccc(Cl)cc1)C(=O)CCc1ccccc1Cl. The van der Waals surface area contributed by atoms with E-state index in [0.717, 1.165) is 17.5 Å². The third kappa shape index (κ3) is 7.06. The molecule has 1 N–H and O–H groups in total. The summed E-state index contributed by atoms with van der Waals surface area (Å²) in [7, 11) is 0. The summed E-state index contributed by atoms with van der Waals surface area (Å²) < 4.78 is 0. The zero-order chi connectivity index (χ0) is 21.4. The molecular weight excluding hydrogens is 407 g/mol. The third-order valence-corrected chi connectivity index (χ3v) is 5.62. The molecule has 0 aliphatic rings. The van der Waals surface area contributed by atoms with E-state index >= 15 is 0 Å². The molecule has 0 saturated heterocycles. The van der Waals surface area contributed by atoms with Crippen molar-refractivity contribution in [2.75, 3.05) is 0 Å². The number of aryl methyl sites for hydroxylation is 1. The summed E-state index contributed by atoms with van der Waals surface area (Å²) in [6, 6.07) is 14.3. The van der Waals surface area contributed by atoms with E-state index in [1.165, 1.54) is 0 Å². The molecule has 2 aromatic rings. The van der Waals surface area contributed by atoms with Crippen LogP contribution in [0.5, 0.6) is 0 Å². The van der Waals surface area contributed by atoms with E-state index in [0.29, 0.717) is 23.0 Å². The molecule has 29 heavy (non-hydrogen) atoms. The number of halogens is 2. The zero-order valence-electron chi connectivity index (χ0n) is 17.1. The summed E-state index contributed by atoms with van der Waals surface area (Å²) >= 11 is 12.2. The average molecular weight is 435 g/mol. The molecule has 0 aliphatic carbocycles. The van der Waals surface area contributed by atoms with Crippen molar-refractivity contribution < 1.29 is 9.59 Å². The molecule has 6 heteroatoms. The van der Waals surface area contributed by atoms with Crippen LogP contribution in [0.4, 0.5) is 0 Å². The second kappa shape index (κ2) is 11.2. The van der Waals surface area contributed by atoms with Crippen molar-refractivity contribution in [2.45, 2.75) is 58.7 Å². The molecule has 2 atom stereocenters. The van der Waals surface area contributed by atoms with E-state index < -0.39 is 6.04 Å². The van der Waals surface area contributed by atoms with Crippen molar-refractivity contribution in [1.82, 2.24) is 10.2 Å². The summed E-state index contributed by atoms with van der Waals surface area (Å²) in [5, 5.41) is 4.25. The molecule has 2 aromatic carbocycles. The first kappa shape index (κ1) is 23.2. The number of hydrogen-bond acceptors (Lipinski definition) is 2. The largest absolute Gasteiger partial charge is 0.352 e. The van der Waals surface area contributed by atoms with Crippen LogP contribution >= 0.6 is 23.2 Å². The zero-order valence-corrected chi connectivity index (χ0v) is 18.6. The standard InChI is InChI=1S/C23H28Cl2N2O2/c1-4-16(2)26-23(29)17(3)27(15-18-9-12-20(24)13-10-18)22(28)14-11-19-7-5-6-8-21(19)25/h5-10,12-13,16-17H,4,11,14-15H2,1-3H3,(H,26,29)/t16-,17+/m0/s1. The molecule has 0 aliphatic heterocycles. The first-order valence-electron chi connectivity index (χ1n) is 9.89. The van der Waals surface area contributed by atoms with Crippen molar-refractivity contribution in [3.63, 3.8) is 0 Å². The van der Waals surface area contributed by atoms with Crippen LogP contribution in [-0.4, -0.2) is 28.8 Å². The number of carbonyl (C=O) groups is 2. The monoisotopic (exact) mass is 434 g/mol. The highest BCUT2D eigenvalue weighted by molar-refractivity contribution is 6.31. The normalized spacial score (nSPS) is 12.9. The van der Waals surface area contributed by atoms with E-state index in [1.54, 1.807) is 24.0 Å². The fraction of sp³-hybridized carbons (Fsp3) is 0.391. The predicted molar refractivity (Wildman–Crippen MR) is 119 cm³/mol. The molecule has 156 valence electrons. The van der Waals surface area contributed by atoms with Crippen LogP contribution in [0, 0.1) is 0 Å². The van der Waals surface area contributed by atoms with Crippen molar-refractivity contribution >= 4 is 35.0 Å². The number of benzene rings is 2. The maximum atomic E-state index is 13.1. The van der Waals surface area contributed by atoms with Crippen LogP contribution in [0.3, 0.4) is 0 Å². The number of hydrogen-bond donors (Lipinski definition) is 1. The predicted octanol–water partition coefficient (Wildman–Crippen LogP) is 5.26. The number of rotatable bonds is 9. The second-order valence-corrected chi connectivity index (χ2v) is 8.08. The van der Waals surface area contributed by atoms with Gasteiger partial charge in [-0.1, -0.05) is 60.5 Å². The molecule has 2 amide bonds. The molecule has 4 nitrogen and oxygen atoms in total. The smallest absolute Gasteiger partial charge is 0.242 e. The lowest BCUT2D eigenvalue weighted by Gasteiger charge is -2.30. The Morgan fingerprint density at radius 1 is 1.03 bits per heavy atom. The van der Waals surface area contributed by atoms with Crippen molar-refractivity contribution in [3.05, 3.63) is 69.7 Å². The van der Waals surface area contributed by atoms with Gasteiger partial charge in [0.2, 0.25) is 11.8 Å². The highest BCUT2D eigenvalue weighted by Crippen LogP contribution is 2.19. The van der Waals surface area contributed by atoms with Crippen LogP contribution in [0.1, 0.15) is 44.7 Å². The minimum absolute atomic E-state index is 0.0561. The number of nitrogens with one attached hydrogen (secondary N) is 1. The molecule has 0 aromatic heterocycles. The van der Waals surface area contributed by atoms with Gasteiger partial charge in [0.05, 0.1) is 0 Å². The lowest BCUT2D eigenvalue weighted by atomic mass is 10.1. The molecular formula is C23H28Cl2N2O2. The van der Waals surface area contributed by atoms with Gasteiger partial charge in [-0.15, -0.1) is 0 Å². The van der Waals surface area contributed by atoms with Crippen molar-refractivity contribution in [3.8, 4) is 0 Å². The number of carbonyl (C=O) groups excluding carboxylic acids is 2. The Morgan fingerprint density at radius 3 is 2.31 bits per heavy atom. The summed E-state index contributed by atoms with van der Waals surface area (Å²) in [6.07, 6.45) is 1.63. The Labute approximate surface area is 183 Å². The van der Waals surface area contributed by atoms with E-state index in [4.69, 9.17) is 23.2 Å². The molecule has 0 heterocycles. The molecule has 0 radical (unpaired) electrons. The minimum atomic E-state index is -0.585. The molecule has 2 rings (SSSR count). The van der Waals surface area contributed by atoms with E-state index in [2.05, 4.69) is 5.32 Å². The fourth-order valence-electron chi connectivity index (χ4n) is 2.92. The van der Waals surface area contributed by atoms with E-state index in [9.17, 15) is 9.59 Å². The molecule has 0 bridgehead atoms. The Bertz CT molecular complexity index is 824. The van der Waals surface area contributed by atoms with Gasteiger partial charge in [-0.25, -0.2) is 0 Å². The van der Waals surface area contributed by atoms with Crippen molar-refractivity contribution in [1.29, 1.82) is 0 Å². The Morgan fingerprint density at radius 2 is 1.69 bits per heavy atom. The Balaban J connectivity index is 2.15. The Kier molecular flexibility index (Phi) is 8.99. The number of nitrogens with zero attached hydrogens (tertiary/aromatic N) is 1.